The smallest absolute Gasteiger partial charge is 0.216 e. The molecule has 0 spiro atoms. The normalized spacial score (nSPS) is 16.0. The lowest BCUT2D eigenvalue weighted by molar-refractivity contribution is 0.0343. The first-order valence-corrected chi connectivity index (χ1v) is 7.35. The molecule has 118 valence electrons. The Bertz CT molecular complexity index is 699. The molecule has 0 bridgehead atoms. The molecule has 0 atom stereocenters. The van der Waals surface area contributed by atoms with Crippen molar-refractivity contribution < 1.29 is 4.74 Å². The minimum absolute atomic E-state index is 0.269. The van der Waals surface area contributed by atoms with Crippen LogP contribution in [-0.2, 0) is 11.3 Å². The number of anilines is 1. The van der Waals surface area contributed by atoms with Crippen LogP contribution in [0.25, 0.3) is 5.57 Å². The maximum Gasteiger partial charge on any atom is 0.216 e. The molecule has 23 heavy (non-hydrogen) atoms. The van der Waals surface area contributed by atoms with Crippen LogP contribution in [0.5, 0.6) is 0 Å². The Hall–Kier alpha value is -2.76. The van der Waals surface area contributed by atoms with Crippen LogP contribution in [0.4, 0.5) is 5.69 Å². The quantitative estimate of drug-likeness (QED) is 0.794. The lowest BCUT2D eigenvalue weighted by atomic mass is 10.1. The van der Waals surface area contributed by atoms with Crippen LogP contribution in [0.3, 0.4) is 0 Å². The fraction of sp³-hybridized carbons (Fsp3) is 0.333. The van der Waals surface area contributed by atoms with Crippen LogP contribution in [0.15, 0.2) is 30.5 Å². The van der Waals surface area contributed by atoms with Crippen molar-refractivity contribution in [3.8, 4) is 6.07 Å². The molecule has 8 heteroatoms. The third-order valence-electron chi connectivity index (χ3n) is 3.59. The van der Waals surface area contributed by atoms with Gasteiger partial charge in [-0.2, -0.15) is 10.5 Å². The van der Waals surface area contributed by atoms with Gasteiger partial charge < -0.3 is 10.1 Å². The molecule has 2 heterocycles. The highest BCUT2D eigenvalue weighted by Gasteiger charge is 2.12. The van der Waals surface area contributed by atoms with Gasteiger partial charge in [-0.25, -0.2) is 0 Å². The topological polar surface area (TPSA) is 103 Å². The first-order chi connectivity index (χ1) is 11.4. The van der Waals surface area contributed by atoms with Crippen molar-refractivity contribution in [3.63, 3.8) is 0 Å². The van der Waals surface area contributed by atoms with Crippen LogP contribution >= 0.6 is 0 Å². The molecule has 0 amide bonds. The van der Waals surface area contributed by atoms with Crippen molar-refractivity contribution in [2.45, 2.75) is 6.54 Å². The van der Waals surface area contributed by atoms with Crippen LogP contribution in [0.2, 0.25) is 0 Å². The number of para-hydroxylation sites is 1. The van der Waals surface area contributed by atoms with Gasteiger partial charge in [0.1, 0.15) is 11.6 Å². The molecule has 1 aromatic heterocycles. The number of nitriles is 1. The maximum absolute atomic E-state index is 9.20. The van der Waals surface area contributed by atoms with Crippen LogP contribution < -0.4 is 5.32 Å². The second-order valence-corrected chi connectivity index (χ2v) is 5.10. The summed E-state index contributed by atoms with van der Waals surface area (Å²) in [6, 6.07) is 10.1. The van der Waals surface area contributed by atoms with E-state index in [4.69, 9.17) is 4.74 Å². The zero-order chi connectivity index (χ0) is 15.9. The van der Waals surface area contributed by atoms with Gasteiger partial charge in [0.15, 0.2) is 0 Å². The van der Waals surface area contributed by atoms with Crippen molar-refractivity contribution in [3.05, 3.63) is 41.9 Å². The number of aromatic nitrogens is 4. The molecule has 0 unspecified atom stereocenters. The first kappa shape index (κ1) is 15.1. The summed E-state index contributed by atoms with van der Waals surface area (Å²) < 4.78 is 5.38. The van der Waals surface area contributed by atoms with E-state index in [2.05, 4.69) is 43.0 Å². The first-order valence-electron chi connectivity index (χ1n) is 7.35. The van der Waals surface area contributed by atoms with Crippen LogP contribution in [-0.4, -0.2) is 51.8 Å². The zero-order valence-electron chi connectivity index (χ0n) is 12.6. The molecular weight excluding hydrogens is 294 g/mol. The molecule has 1 saturated heterocycles. The number of aromatic amines is 1. The third-order valence-corrected chi connectivity index (χ3v) is 3.59. The predicted molar refractivity (Wildman–Crippen MR) is 83.9 cm³/mol. The molecule has 1 aliphatic rings. The van der Waals surface area contributed by atoms with Crippen molar-refractivity contribution in [2.24, 2.45) is 0 Å². The summed E-state index contributed by atoms with van der Waals surface area (Å²) in [6.45, 7) is 4.23. The van der Waals surface area contributed by atoms with Gasteiger partial charge in [0.2, 0.25) is 5.82 Å². The van der Waals surface area contributed by atoms with Gasteiger partial charge in [0, 0.05) is 31.5 Å². The Labute approximate surface area is 133 Å². The van der Waals surface area contributed by atoms with Gasteiger partial charge in [0.25, 0.3) is 0 Å². The Balaban J connectivity index is 1.74. The lowest BCUT2D eigenvalue weighted by Gasteiger charge is -2.27. The second kappa shape index (κ2) is 7.49. The number of H-pyrrole nitrogens is 1. The van der Waals surface area contributed by atoms with Crippen molar-refractivity contribution >= 4 is 11.3 Å². The second-order valence-electron chi connectivity index (χ2n) is 5.10. The zero-order valence-corrected chi connectivity index (χ0v) is 12.6. The van der Waals surface area contributed by atoms with Crippen molar-refractivity contribution in [1.29, 1.82) is 5.26 Å². The fourth-order valence-electron chi connectivity index (χ4n) is 2.37. The lowest BCUT2D eigenvalue weighted by Crippen LogP contribution is -2.35. The summed E-state index contributed by atoms with van der Waals surface area (Å²) in [5.41, 5.74) is 2.44. The minimum Gasteiger partial charge on any atom is -0.379 e. The van der Waals surface area contributed by atoms with Gasteiger partial charge in [0.05, 0.1) is 13.2 Å². The van der Waals surface area contributed by atoms with E-state index in [-0.39, 0.29) is 5.82 Å². The predicted octanol–water partition coefficient (Wildman–Crippen LogP) is 1.01. The summed E-state index contributed by atoms with van der Waals surface area (Å²) in [6.07, 6.45) is 1.60. The number of benzene rings is 1. The molecule has 3 rings (SSSR count). The van der Waals surface area contributed by atoms with E-state index in [1.807, 2.05) is 18.2 Å². The molecule has 0 radical (unpaired) electrons. The van der Waals surface area contributed by atoms with E-state index >= 15 is 0 Å². The molecule has 1 fully saturated rings. The van der Waals surface area contributed by atoms with Gasteiger partial charge in [-0.1, -0.05) is 18.2 Å². The van der Waals surface area contributed by atoms with Crippen LogP contribution in [0, 0.1) is 11.3 Å². The van der Waals surface area contributed by atoms with E-state index in [9.17, 15) is 5.26 Å². The number of rotatable bonds is 5. The number of nitrogens with zero attached hydrogens (tertiary/aromatic N) is 5. The molecule has 1 aliphatic heterocycles. The SMILES string of the molecule is N#CC(=CNc1ccccc1CN1CCOCC1)c1nn[nH]n1. The number of ether oxygens (including phenoxy) is 1. The Morgan fingerprint density at radius 1 is 1.39 bits per heavy atom. The standard InChI is InChI=1S/C15H17N7O/c16-9-13(15-18-20-21-19-15)10-17-14-4-2-1-3-12(14)11-22-5-7-23-8-6-22/h1-4,10,17H,5-8,11H2,(H,18,19,20,21). The largest absolute Gasteiger partial charge is 0.379 e. The fourth-order valence-corrected chi connectivity index (χ4v) is 2.37. The van der Waals surface area contributed by atoms with Gasteiger partial charge in [-0.15, -0.1) is 10.2 Å². The van der Waals surface area contributed by atoms with E-state index in [0.29, 0.717) is 5.57 Å². The summed E-state index contributed by atoms with van der Waals surface area (Å²) in [7, 11) is 0. The van der Waals surface area contributed by atoms with E-state index in [1.54, 1.807) is 6.20 Å². The number of hydrogen-bond donors (Lipinski definition) is 2. The summed E-state index contributed by atoms with van der Waals surface area (Å²) in [4.78, 5) is 2.35. The van der Waals surface area contributed by atoms with Crippen molar-refractivity contribution in [1.82, 2.24) is 25.5 Å². The Kier molecular flexibility index (Phi) is 4.93. The highest BCUT2D eigenvalue weighted by atomic mass is 16.5. The maximum atomic E-state index is 9.20. The molecular formula is C15H17N7O. The van der Waals surface area contributed by atoms with E-state index in [0.717, 1.165) is 44.1 Å². The summed E-state index contributed by atoms with van der Waals surface area (Å²) >= 11 is 0. The van der Waals surface area contributed by atoms with E-state index < -0.39 is 0 Å². The minimum atomic E-state index is 0.269. The monoisotopic (exact) mass is 311 g/mol. The number of morpholine rings is 1. The Morgan fingerprint density at radius 2 is 2.22 bits per heavy atom. The van der Waals surface area contributed by atoms with Gasteiger partial charge in [-0.3, -0.25) is 4.90 Å². The highest BCUT2D eigenvalue weighted by Crippen LogP contribution is 2.19. The third kappa shape index (κ3) is 3.91. The van der Waals surface area contributed by atoms with Gasteiger partial charge in [-0.05, 0) is 16.8 Å². The molecule has 2 aromatic rings. The molecule has 0 aliphatic carbocycles. The summed E-state index contributed by atoms with van der Waals surface area (Å²) in [5.74, 6) is 0.269. The number of allylic oxidation sites excluding steroid dienone is 1. The molecule has 1 aromatic carbocycles. The molecule has 8 nitrogen and oxygen atoms in total. The molecule has 2 N–H and O–H groups in total. The van der Waals surface area contributed by atoms with Crippen LogP contribution in [0.1, 0.15) is 11.4 Å². The van der Waals surface area contributed by atoms with Gasteiger partial charge >= 0.3 is 0 Å². The number of hydrogen-bond acceptors (Lipinski definition) is 7. The summed E-state index contributed by atoms with van der Waals surface area (Å²) in [5, 5.41) is 25.8. The van der Waals surface area contributed by atoms with Crippen molar-refractivity contribution in [2.75, 3.05) is 31.6 Å². The van der Waals surface area contributed by atoms with E-state index in [1.165, 1.54) is 0 Å². The molecule has 0 saturated carbocycles. The average molecular weight is 311 g/mol. The number of nitrogens with one attached hydrogen (secondary N) is 2. The number of tetrazole rings is 1. The highest BCUT2D eigenvalue weighted by molar-refractivity contribution is 5.74. The Morgan fingerprint density at radius 3 is 2.96 bits per heavy atom. The average Bonchev–Trinajstić information content (AvgIpc) is 3.12.